The molecular weight excluding hydrogens is 495 g/mol. The topological polar surface area (TPSA) is 70.0 Å². The summed E-state index contributed by atoms with van der Waals surface area (Å²) in [4.78, 5) is 14.6. The van der Waals surface area contributed by atoms with Crippen molar-refractivity contribution in [1.82, 2.24) is 4.90 Å². The Morgan fingerprint density at radius 2 is 1.53 bits per heavy atom. The maximum atomic E-state index is 13.5. The van der Waals surface area contributed by atoms with E-state index in [0.29, 0.717) is 25.0 Å². The van der Waals surface area contributed by atoms with Crippen molar-refractivity contribution in [3.8, 4) is 16.9 Å². The van der Waals surface area contributed by atoms with Crippen molar-refractivity contribution in [2.75, 3.05) is 6.61 Å². The van der Waals surface area contributed by atoms with E-state index < -0.39 is 23.6 Å². The number of amides is 1. The minimum absolute atomic E-state index is 0.00160. The van der Waals surface area contributed by atoms with E-state index in [1.165, 1.54) is 48.5 Å². The minimum Gasteiger partial charge on any atom is -0.493 e. The third-order valence-electron chi connectivity index (χ3n) is 6.65. The van der Waals surface area contributed by atoms with E-state index in [4.69, 9.17) is 4.74 Å². The van der Waals surface area contributed by atoms with Gasteiger partial charge in [-0.15, -0.1) is 0 Å². The first-order valence-electron chi connectivity index (χ1n) is 12.9. The molecule has 3 aromatic rings. The number of para-hydroxylation sites is 1. The number of alkyl halides is 3. The molecular formula is C30H32F3NO4. The van der Waals surface area contributed by atoms with E-state index in [1.54, 1.807) is 18.2 Å². The lowest BCUT2D eigenvalue weighted by Gasteiger charge is -2.36. The van der Waals surface area contributed by atoms with Gasteiger partial charge in [0.2, 0.25) is 0 Å². The molecule has 0 heterocycles. The lowest BCUT2D eigenvalue weighted by molar-refractivity contribution is -0.259. The summed E-state index contributed by atoms with van der Waals surface area (Å²) < 4.78 is 46.3. The van der Waals surface area contributed by atoms with E-state index >= 15 is 0 Å². The summed E-state index contributed by atoms with van der Waals surface area (Å²) in [6, 6.07) is 17.1. The van der Waals surface area contributed by atoms with E-state index in [0.717, 1.165) is 36.6 Å². The smallest absolute Gasteiger partial charge is 0.417 e. The molecule has 202 valence electrons. The first kappa shape index (κ1) is 27.7. The lowest BCUT2D eigenvalue weighted by atomic mass is 9.98. The van der Waals surface area contributed by atoms with E-state index in [9.17, 15) is 28.2 Å². The first-order chi connectivity index (χ1) is 18.1. The van der Waals surface area contributed by atoms with Crippen molar-refractivity contribution >= 4 is 5.91 Å². The van der Waals surface area contributed by atoms with Crippen molar-refractivity contribution < 1.29 is 32.9 Å². The van der Waals surface area contributed by atoms with Gasteiger partial charge in [0.25, 0.3) is 11.8 Å². The fraction of sp³-hybridized carbons (Fsp3) is 0.367. The third kappa shape index (κ3) is 6.19. The molecule has 0 spiro atoms. The van der Waals surface area contributed by atoms with Crippen LogP contribution in [0.5, 0.6) is 5.75 Å². The summed E-state index contributed by atoms with van der Waals surface area (Å²) >= 11 is 0. The molecule has 38 heavy (non-hydrogen) atoms. The Hall–Kier alpha value is -3.36. The van der Waals surface area contributed by atoms with Crippen LogP contribution in [0.2, 0.25) is 0 Å². The third-order valence-corrected chi connectivity index (χ3v) is 6.65. The zero-order chi connectivity index (χ0) is 27.3. The van der Waals surface area contributed by atoms with E-state index in [-0.39, 0.29) is 28.5 Å². The summed E-state index contributed by atoms with van der Waals surface area (Å²) in [5, 5.41) is 22.6. The average molecular weight is 528 g/mol. The Morgan fingerprint density at radius 1 is 0.895 bits per heavy atom. The zero-order valence-electron chi connectivity index (χ0n) is 21.2. The molecule has 0 bridgehead atoms. The summed E-state index contributed by atoms with van der Waals surface area (Å²) in [6.07, 6.45) is 0.671. The van der Waals surface area contributed by atoms with Crippen molar-refractivity contribution in [1.29, 1.82) is 0 Å². The molecule has 4 rings (SSSR count). The molecule has 1 amide bonds. The molecule has 3 aromatic carbocycles. The van der Waals surface area contributed by atoms with Gasteiger partial charge in [-0.3, -0.25) is 9.69 Å². The van der Waals surface area contributed by atoms with Gasteiger partial charge in [0.1, 0.15) is 5.75 Å². The molecule has 2 N–H and O–H groups in total. The predicted molar refractivity (Wildman–Crippen MR) is 138 cm³/mol. The highest BCUT2D eigenvalue weighted by Crippen LogP contribution is 2.41. The van der Waals surface area contributed by atoms with Crippen molar-refractivity contribution in [3.63, 3.8) is 0 Å². The fourth-order valence-electron chi connectivity index (χ4n) is 4.52. The fourth-order valence-corrected chi connectivity index (χ4v) is 4.52. The lowest BCUT2D eigenvalue weighted by Crippen LogP contribution is -2.51. The van der Waals surface area contributed by atoms with Crippen molar-refractivity contribution in [2.45, 2.75) is 63.6 Å². The number of hydrogen-bond donors (Lipinski definition) is 2. The SMILES string of the molecule is CCCCCCOc1ccccc1C(O)(O)N(C(=O)c1ccc(-c2ccccc2C(F)(F)F)cc1)C1CC1. The standard InChI is InChI=1S/C30H32F3NO4/c1-2-3-4-9-20-38-27-13-8-7-12-26(27)30(36,37)34(23-18-19-23)28(35)22-16-14-21(15-17-22)24-10-5-6-11-25(24)29(31,32)33/h5-8,10-17,23,36-37H,2-4,9,18-20H2,1H3. The number of rotatable bonds is 11. The molecule has 0 aliphatic heterocycles. The molecule has 1 fully saturated rings. The van der Waals surface area contributed by atoms with Crippen LogP contribution in [0.3, 0.4) is 0 Å². The minimum atomic E-state index is -4.52. The van der Waals surface area contributed by atoms with Gasteiger partial charge in [0, 0.05) is 11.6 Å². The van der Waals surface area contributed by atoms with Crippen LogP contribution in [0.1, 0.15) is 66.9 Å². The van der Waals surface area contributed by atoms with Crippen molar-refractivity contribution in [2.24, 2.45) is 0 Å². The molecule has 0 saturated heterocycles. The number of carbonyl (C=O) groups is 1. The molecule has 1 saturated carbocycles. The molecule has 5 nitrogen and oxygen atoms in total. The molecule has 1 aliphatic carbocycles. The van der Waals surface area contributed by atoms with Gasteiger partial charge in [-0.1, -0.05) is 68.7 Å². The number of benzene rings is 3. The van der Waals surface area contributed by atoms with Gasteiger partial charge in [0.05, 0.1) is 17.7 Å². The van der Waals surface area contributed by atoms with Gasteiger partial charge in [-0.05, 0) is 60.7 Å². The average Bonchev–Trinajstić information content (AvgIpc) is 3.73. The first-order valence-corrected chi connectivity index (χ1v) is 12.9. The van der Waals surface area contributed by atoms with Crippen LogP contribution in [0, 0.1) is 0 Å². The number of nitrogens with zero attached hydrogens (tertiary/aromatic N) is 1. The van der Waals surface area contributed by atoms with Crippen molar-refractivity contribution in [3.05, 3.63) is 89.5 Å². The van der Waals surface area contributed by atoms with Gasteiger partial charge >= 0.3 is 6.18 Å². The Labute approximate surface area is 220 Å². The van der Waals surface area contributed by atoms with Crippen LogP contribution in [0.4, 0.5) is 13.2 Å². The zero-order valence-corrected chi connectivity index (χ0v) is 21.2. The molecule has 0 radical (unpaired) electrons. The Balaban J connectivity index is 1.59. The Kier molecular flexibility index (Phi) is 8.43. The Bertz CT molecular complexity index is 1240. The van der Waals surface area contributed by atoms with Gasteiger partial charge < -0.3 is 14.9 Å². The van der Waals surface area contributed by atoms with E-state index in [1.807, 2.05) is 0 Å². The highest BCUT2D eigenvalue weighted by atomic mass is 19.4. The van der Waals surface area contributed by atoms with Gasteiger partial charge in [-0.2, -0.15) is 13.2 Å². The second kappa shape index (κ2) is 11.6. The number of aliphatic hydroxyl groups is 2. The van der Waals surface area contributed by atoms with Crippen LogP contribution < -0.4 is 4.74 Å². The second-order valence-corrected chi connectivity index (χ2v) is 9.57. The van der Waals surface area contributed by atoms with Crippen LogP contribution in [0.25, 0.3) is 11.1 Å². The second-order valence-electron chi connectivity index (χ2n) is 9.57. The Morgan fingerprint density at radius 3 is 2.16 bits per heavy atom. The highest BCUT2D eigenvalue weighted by molar-refractivity contribution is 5.95. The highest BCUT2D eigenvalue weighted by Gasteiger charge is 2.48. The molecule has 1 aliphatic rings. The van der Waals surface area contributed by atoms with Crippen LogP contribution in [0.15, 0.2) is 72.8 Å². The van der Waals surface area contributed by atoms with Crippen LogP contribution >= 0.6 is 0 Å². The van der Waals surface area contributed by atoms with Gasteiger partial charge in [0.15, 0.2) is 0 Å². The summed E-state index contributed by atoms with van der Waals surface area (Å²) in [6.45, 7) is 2.52. The summed E-state index contributed by atoms with van der Waals surface area (Å²) in [7, 11) is 0. The number of hydrogen-bond acceptors (Lipinski definition) is 4. The van der Waals surface area contributed by atoms with Gasteiger partial charge in [-0.25, -0.2) is 0 Å². The quantitative estimate of drug-likeness (QED) is 0.214. The van der Waals surface area contributed by atoms with E-state index in [2.05, 4.69) is 6.92 Å². The molecule has 0 atom stereocenters. The predicted octanol–water partition coefficient (Wildman–Crippen LogP) is 6.73. The normalized spacial score (nSPS) is 13.8. The monoisotopic (exact) mass is 527 g/mol. The van der Waals surface area contributed by atoms with Crippen LogP contribution in [-0.4, -0.2) is 33.7 Å². The number of carbonyl (C=O) groups excluding carboxylic acids is 1. The van der Waals surface area contributed by atoms with Crippen LogP contribution in [-0.2, 0) is 12.1 Å². The largest absolute Gasteiger partial charge is 0.493 e. The summed E-state index contributed by atoms with van der Waals surface area (Å²) in [5.74, 6) is -2.99. The number of ether oxygens (including phenoxy) is 1. The molecule has 0 aromatic heterocycles. The molecule has 0 unspecified atom stereocenters. The number of halogens is 3. The number of unbranched alkanes of at least 4 members (excludes halogenated alkanes) is 3. The maximum absolute atomic E-state index is 13.5. The molecule has 8 heteroatoms. The summed E-state index contributed by atoms with van der Waals surface area (Å²) in [5.41, 5.74) is -0.271. The maximum Gasteiger partial charge on any atom is 0.417 e.